The van der Waals surface area contributed by atoms with E-state index < -0.39 is 10.1 Å². The second-order valence-electron chi connectivity index (χ2n) is 5.70. The second kappa shape index (κ2) is 6.49. The van der Waals surface area contributed by atoms with E-state index in [1.807, 2.05) is 38.1 Å². The summed E-state index contributed by atoms with van der Waals surface area (Å²) in [7, 11) is -3.82. The first-order valence-electron chi connectivity index (χ1n) is 7.63. The maximum Gasteiger partial charge on any atom is 0.339 e. The van der Waals surface area contributed by atoms with Crippen molar-refractivity contribution in [3.05, 3.63) is 83.9 Å². The van der Waals surface area contributed by atoms with Crippen molar-refractivity contribution in [2.45, 2.75) is 18.7 Å². The van der Waals surface area contributed by atoms with Crippen LogP contribution in [0.25, 0.3) is 11.1 Å². The summed E-state index contributed by atoms with van der Waals surface area (Å²) in [5, 5.41) is 0. The molecule has 0 aromatic heterocycles. The number of rotatable bonds is 4. The minimum Gasteiger partial charge on any atom is -0.379 e. The van der Waals surface area contributed by atoms with Crippen LogP contribution >= 0.6 is 0 Å². The molecular formula is C20H18O3S. The maximum absolute atomic E-state index is 12.3. The minimum atomic E-state index is -3.82. The summed E-state index contributed by atoms with van der Waals surface area (Å²) in [6, 6.07) is 21.8. The molecule has 3 nitrogen and oxygen atoms in total. The zero-order valence-electron chi connectivity index (χ0n) is 13.6. The van der Waals surface area contributed by atoms with Gasteiger partial charge in [0.15, 0.2) is 0 Å². The lowest BCUT2D eigenvalue weighted by Gasteiger charge is -2.11. The topological polar surface area (TPSA) is 43.4 Å². The Labute approximate surface area is 142 Å². The number of hydrogen-bond donors (Lipinski definition) is 0. The Morgan fingerprint density at radius 2 is 1.38 bits per heavy atom. The Morgan fingerprint density at radius 1 is 0.750 bits per heavy atom. The molecule has 0 bridgehead atoms. The lowest BCUT2D eigenvalue weighted by atomic mass is 10.0. The Hall–Kier alpha value is -2.59. The summed E-state index contributed by atoms with van der Waals surface area (Å²) >= 11 is 0. The minimum absolute atomic E-state index is 0.145. The fourth-order valence-corrected chi connectivity index (χ4v) is 3.43. The van der Waals surface area contributed by atoms with Crippen molar-refractivity contribution in [1.82, 2.24) is 0 Å². The third-order valence-corrected chi connectivity index (χ3v) is 5.04. The van der Waals surface area contributed by atoms with Gasteiger partial charge in [-0.05, 0) is 54.8 Å². The largest absolute Gasteiger partial charge is 0.379 e. The van der Waals surface area contributed by atoms with E-state index in [-0.39, 0.29) is 4.90 Å². The van der Waals surface area contributed by atoms with Gasteiger partial charge in [-0.25, -0.2) is 0 Å². The van der Waals surface area contributed by atoms with Crippen molar-refractivity contribution in [2.75, 3.05) is 0 Å². The molecule has 0 amide bonds. The summed E-state index contributed by atoms with van der Waals surface area (Å²) in [6.45, 7) is 3.88. The van der Waals surface area contributed by atoms with Gasteiger partial charge in [-0.2, -0.15) is 8.42 Å². The van der Waals surface area contributed by atoms with Gasteiger partial charge in [0.05, 0.1) is 0 Å². The molecule has 4 heteroatoms. The van der Waals surface area contributed by atoms with E-state index in [0.29, 0.717) is 5.75 Å². The maximum atomic E-state index is 12.3. The molecule has 0 saturated carbocycles. The predicted molar refractivity (Wildman–Crippen MR) is 95.6 cm³/mol. The smallest absolute Gasteiger partial charge is 0.339 e. The molecule has 0 aliphatic heterocycles. The molecule has 3 aromatic carbocycles. The molecule has 122 valence electrons. The van der Waals surface area contributed by atoms with Crippen LogP contribution in [0.15, 0.2) is 77.7 Å². The molecular weight excluding hydrogens is 320 g/mol. The first-order valence-corrected chi connectivity index (χ1v) is 9.04. The normalized spacial score (nSPS) is 11.2. The van der Waals surface area contributed by atoms with Crippen LogP contribution in [0.2, 0.25) is 0 Å². The van der Waals surface area contributed by atoms with Crippen molar-refractivity contribution >= 4 is 10.1 Å². The van der Waals surface area contributed by atoms with Crippen LogP contribution in [0.5, 0.6) is 5.75 Å². The number of hydrogen-bond acceptors (Lipinski definition) is 3. The fourth-order valence-electron chi connectivity index (χ4n) is 2.42. The van der Waals surface area contributed by atoms with Crippen LogP contribution in [0.4, 0.5) is 0 Å². The highest BCUT2D eigenvalue weighted by Crippen LogP contribution is 2.28. The molecule has 0 N–H and O–H groups in total. The van der Waals surface area contributed by atoms with Gasteiger partial charge >= 0.3 is 10.1 Å². The number of benzene rings is 3. The van der Waals surface area contributed by atoms with E-state index in [1.54, 1.807) is 24.3 Å². The van der Waals surface area contributed by atoms with E-state index >= 15 is 0 Å². The summed E-state index contributed by atoms with van der Waals surface area (Å²) < 4.78 is 29.9. The van der Waals surface area contributed by atoms with Crippen LogP contribution in [0.1, 0.15) is 11.1 Å². The third kappa shape index (κ3) is 3.49. The molecule has 3 rings (SSSR count). The predicted octanol–water partition coefficient (Wildman–Crippen LogP) is 4.74. The van der Waals surface area contributed by atoms with Gasteiger partial charge in [-0.1, -0.05) is 54.1 Å². The SMILES string of the molecule is Cc1ccc(-c2ccc(OS(=O)(=O)c3ccccc3)c(C)c2)cc1. The first kappa shape index (κ1) is 16.3. The molecule has 0 saturated heterocycles. The van der Waals surface area contributed by atoms with Crippen LogP contribution < -0.4 is 4.18 Å². The van der Waals surface area contributed by atoms with Crippen LogP contribution in [-0.4, -0.2) is 8.42 Å². The molecule has 24 heavy (non-hydrogen) atoms. The molecule has 0 heterocycles. The van der Waals surface area contributed by atoms with E-state index in [4.69, 9.17) is 4.18 Å². The van der Waals surface area contributed by atoms with Crippen molar-refractivity contribution in [3.63, 3.8) is 0 Å². The van der Waals surface area contributed by atoms with E-state index in [1.165, 1.54) is 17.7 Å². The first-order chi connectivity index (χ1) is 11.5. The van der Waals surface area contributed by atoms with Gasteiger partial charge in [0.2, 0.25) is 0 Å². The van der Waals surface area contributed by atoms with Gasteiger partial charge in [0.1, 0.15) is 10.6 Å². The van der Waals surface area contributed by atoms with Gasteiger partial charge in [0, 0.05) is 0 Å². The Morgan fingerprint density at radius 3 is 2.00 bits per heavy atom. The van der Waals surface area contributed by atoms with E-state index in [9.17, 15) is 8.42 Å². The molecule has 0 radical (unpaired) electrons. The monoisotopic (exact) mass is 338 g/mol. The van der Waals surface area contributed by atoms with Gasteiger partial charge in [-0.3, -0.25) is 0 Å². The highest BCUT2D eigenvalue weighted by Gasteiger charge is 2.17. The third-order valence-electron chi connectivity index (χ3n) is 3.79. The lowest BCUT2D eigenvalue weighted by Crippen LogP contribution is -2.10. The van der Waals surface area contributed by atoms with Gasteiger partial charge < -0.3 is 4.18 Å². The average Bonchev–Trinajstić information content (AvgIpc) is 2.58. The summed E-state index contributed by atoms with van der Waals surface area (Å²) in [5.74, 6) is 0.342. The zero-order valence-corrected chi connectivity index (χ0v) is 14.4. The molecule has 0 fully saturated rings. The highest BCUT2D eigenvalue weighted by atomic mass is 32.2. The molecule has 0 aliphatic rings. The lowest BCUT2D eigenvalue weighted by molar-refractivity contribution is 0.484. The van der Waals surface area contributed by atoms with Crippen molar-refractivity contribution in [1.29, 1.82) is 0 Å². The standard InChI is InChI=1S/C20H18O3S/c1-15-8-10-17(11-9-15)18-12-13-20(16(2)14-18)23-24(21,22)19-6-4-3-5-7-19/h3-14H,1-2H3. The van der Waals surface area contributed by atoms with Gasteiger partial charge in [-0.15, -0.1) is 0 Å². The van der Waals surface area contributed by atoms with Crippen LogP contribution in [-0.2, 0) is 10.1 Å². The summed E-state index contributed by atoms with van der Waals surface area (Å²) in [6.07, 6.45) is 0. The van der Waals surface area contributed by atoms with Crippen molar-refractivity contribution in [3.8, 4) is 16.9 Å². The molecule has 0 unspecified atom stereocenters. The zero-order chi connectivity index (χ0) is 17.2. The molecule has 0 spiro atoms. The quantitative estimate of drug-likeness (QED) is 0.646. The summed E-state index contributed by atoms with van der Waals surface area (Å²) in [5.41, 5.74) is 4.08. The number of aryl methyl sites for hydroxylation is 2. The molecule has 0 aliphatic carbocycles. The summed E-state index contributed by atoms with van der Waals surface area (Å²) in [4.78, 5) is 0.145. The molecule has 0 atom stereocenters. The highest BCUT2D eigenvalue weighted by molar-refractivity contribution is 7.87. The van der Waals surface area contributed by atoms with E-state index in [2.05, 4.69) is 12.1 Å². The molecule has 3 aromatic rings. The Balaban J connectivity index is 1.89. The van der Waals surface area contributed by atoms with Crippen molar-refractivity contribution < 1.29 is 12.6 Å². The van der Waals surface area contributed by atoms with Crippen LogP contribution in [0, 0.1) is 13.8 Å². The van der Waals surface area contributed by atoms with E-state index in [0.717, 1.165) is 16.7 Å². The second-order valence-corrected chi connectivity index (χ2v) is 7.24. The average molecular weight is 338 g/mol. The Kier molecular flexibility index (Phi) is 4.40. The van der Waals surface area contributed by atoms with Crippen molar-refractivity contribution in [2.24, 2.45) is 0 Å². The van der Waals surface area contributed by atoms with Crippen LogP contribution in [0.3, 0.4) is 0 Å². The van der Waals surface area contributed by atoms with Gasteiger partial charge in [0.25, 0.3) is 0 Å². The fraction of sp³-hybridized carbons (Fsp3) is 0.100. The Bertz CT molecular complexity index is 944.